The highest BCUT2D eigenvalue weighted by Crippen LogP contribution is 2.31. The monoisotopic (exact) mass is 261 g/mol. The van der Waals surface area contributed by atoms with Crippen LogP contribution < -0.4 is 15.8 Å². The molecule has 1 unspecified atom stereocenters. The van der Waals surface area contributed by atoms with Crippen molar-refractivity contribution in [1.29, 1.82) is 0 Å². The van der Waals surface area contributed by atoms with Crippen molar-refractivity contribution in [3.8, 4) is 5.75 Å². The Bertz CT molecular complexity index is 441. The van der Waals surface area contributed by atoms with Crippen LogP contribution in [0.2, 0.25) is 0 Å². The summed E-state index contributed by atoms with van der Waals surface area (Å²) in [6.45, 7) is 6.34. The lowest BCUT2D eigenvalue weighted by molar-refractivity contribution is 0.0975. The van der Waals surface area contributed by atoms with Crippen LogP contribution in [0.1, 0.15) is 19.8 Å². The predicted molar refractivity (Wildman–Crippen MR) is 78.6 cm³/mol. The highest BCUT2D eigenvalue weighted by Gasteiger charge is 2.33. The summed E-state index contributed by atoms with van der Waals surface area (Å²) in [5.41, 5.74) is 7.74. The standard InChI is InChI=1S/C15H23N3O/c1-2-19-15-9-12(3-4-13(15)16)17-14-10-18-7-5-11(14)6-8-18/h3-4,9,11,14,17H,2,5-8,10,16H2,1H3. The van der Waals surface area contributed by atoms with Crippen LogP contribution in [0.3, 0.4) is 0 Å². The van der Waals surface area contributed by atoms with Gasteiger partial charge in [-0.3, -0.25) is 0 Å². The Balaban J connectivity index is 1.71. The number of hydrogen-bond donors (Lipinski definition) is 2. The van der Waals surface area contributed by atoms with E-state index in [1.807, 2.05) is 19.1 Å². The highest BCUT2D eigenvalue weighted by molar-refractivity contribution is 5.61. The summed E-state index contributed by atoms with van der Waals surface area (Å²) in [6.07, 6.45) is 2.65. The van der Waals surface area contributed by atoms with E-state index in [0.717, 1.165) is 17.4 Å². The molecule has 3 heterocycles. The Morgan fingerprint density at radius 2 is 2.16 bits per heavy atom. The fourth-order valence-electron chi connectivity index (χ4n) is 3.25. The second-order valence-electron chi connectivity index (χ2n) is 5.57. The summed E-state index contributed by atoms with van der Waals surface area (Å²) in [7, 11) is 0. The van der Waals surface area contributed by atoms with Crippen LogP contribution in [-0.4, -0.2) is 37.2 Å². The molecule has 1 aromatic carbocycles. The van der Waals surface area contributed by atoms with Crippen LogP contribution in [0.4, 0.5) is 11.4 Å². The molecule has 0 radical (unpaired) electrons. The molecule has 3 aliphatic rings. The minimum absolute atomic E-state index is 0.570. The number of ether oxygens (including phenoxy) is 1. The van der Waals surface area contributed by atoms with Gasteiger partial charge < -0.3 is 20.7 Å². The van der Waals surface area contributed by atoms with E-state index >= 15 is 0 Å². The van der Waals surface area contributed by atoms with Crippen molar-refractivity contribution in [2.45, 2.75) is 25.8 Å². The average molecular weight is 261 g/mol. The van der Waals surface area contributed by atoms with E-state index in [-0.39, 0.29) is 0 Å². The lowest BCUT2D eigenvalue weighted by Gasteiger charge is -2.45. The zero-order chi connectivity index (χ0) is 13.2. The molecular weight excluding hydrogens is 238 g/mol. The molecule has 0 spiro atoms. The molecule has 4 heteroatoms. The van der Waals surface area contributed by atoms with Gasteiger partial charge in [0.05, 0.1) is 12.3 Å². The number of nitrogens with two attached hydrogens (primary N) is 1. The number of fused-ring (bicyclic) bond motifs is 3. The maximum atomic E-state index is 5.91. The van der Waals surface area contributed by atoms with Gasteiger partial charge in [-0.25, -0.2) is 0 Å². The van der Waals surface area contributed by atoms with E-state index in [0.29, 0.717) is 18.3 Å². The van der Waals surface area contributed by atoms with E-state index in [1.54, 1.807) is 0 Å². The largest absolute Gasteiger partial charge is 0.492 e. The molecule has 3 aliphatic heterocycles. The highest BCUT2D eigenvalue weighted by atomic mass is 16.5. The number of anilines is 2. The molecule has 3 N–H and O–H groups in total. The van der Waals surface area contributed by atoms with Gasteiger partial charge in [-0.15, -0.1) is 0 Å². The summed E-state index contributed by atoms with van der Waals surface area (Å²) < 4.78 is 5.55. The first-order valence-corrected chi connectivity index (χ1v) is 7.27. The number of nitrogen functional groups attached to an aromatic ring is 1. The molecule has 4 rings (SSSR count). The molecule has 0 saturated carbocycles. The van der Waals surface area contributed by atoms with Gasteiger partial charge in [0.25, 0.3) is 0 Å². The zero-order valence-corrected chi connectivity index (χ0v) is 11.6. The summed E-state index contributed by atoms with van der Waals surface area (Å²) >= 11 is 0. The van der Waals surface area contributed by atoms with Crippen molar-refractivity contribution in [3.63, 3.8) is 0 Å². The van der Waals surface area contributed by atoms with Crippen LogP contribution in [0.25, 0.3) is 0 Å². The maximum absolute atomic E-state index is 5.91. The van der Waals surface area contributed by atoms with Gasteiger partial charge in [-0.2, -0.15) is 0 Å². The van der Waals surface area contributed by atoms with Crippen LogP contribution in [0.5, 0.6) is 5.75 Å². The Morgan fingerprint density at radius 3 is 2.79 bits per heavy atom. The molecule has 2 bridgehead atoms. The van der Waals surface area contributed by atoms with Crippen molar-refractivity contribution >= 4 is 11.4 Å². The smallest absolute Gasteiger partial charge is 0.144 e. The van der Waals surface area contributed by atoms with Crippen molar-refractivity contribution in [2.24, 2.45) is 5.92 Å². The van der Waals surface area contributed by atoms with Crippen molar-refractivity contribution in [3.05, 3.63) is 18.2 Å². The first kappa shape index (κ1) is 12.6. The zero-order valence-electron chi connectivity index (χ0n) is 11.6. The first-order valence-electron chi connectivity index (χ1n) is 7.27. The van der Waals surface area contributed by atoms with Gasteiger partial charge in [0.2, 0.25) is 0 Å². The van der Waals surface area contributed by atoms with E-state index < -0.39 is 0 Å². The van der Waals surface area contributed by atoms with E-state index in [4.69, 9.17) is 10.5 Å². The van der Waals surface area contributed by atoms with Gasteiger partial charge >= 0.3 is 0 Å². The van der Waals surface area contributed by atoms with E-state index in [2.05, 4.69) is 16.3 Å². The summed E-state index contributed by atoms with van der Waals surface area (Å²) in [6, 6.07) is 6.57. The third-order valence-corrected chi connectivity index (χ3v) is 4.32. The molecule has 4 nitrogen and oxygen atoms in total. The summed E-state index contributed by atoms with van der Waals surface area (Å²) in [5.74, 6) is 1.60. The number of hydrogen-bond acceptors (Lipinski definition) is 4. The minimum atomic E-state index is 0.570. The molecular formula is C15H23N3O. The molecule has 104 valence electrons. The van der Waals surface area contributed by atoms with Crippen molar-refractivity contribution in [2.75, 3.05) is 37.3 Å². The van der Waals surface area contributed by atoms with Crippen LogP contribution in [0, 0.1) is 5.92 Å². The Labute approximate surface area is 114 Å². The number of rotatable bonds is 4. The SMILES string of the molecule is CCOc1cc(NC2CN3CCC2CC3)ccc1N. The van der Waals surface area contributed by atoms with E-state index in [1.165, 1.54) is 32.5 Å². The average Bonchev–Trinajstić information content (AvgIpc) is 2.44. The van der Waals surface area contributed by atoms with Crippen LogP contribution >= 0.6 is 0 Å². The molecule has 0 aromatic heterocycles. The second-order valence-corrected chi connectivity index (χ2v) is 5.57. The number of nitrogens with zero attached hydrogens (tertiary/aromatic N) is 1. The topological polar surface area (TPSA) is 50.5 Å². The van der Waals surface area contributed by atoms with Gasteiger partial charge in [0.15, 0.2) is 0 Å². The first-order chi connectivity index (χ1) is 9.26. The van der Waals surface area contributed by atoms with Crippen LogP contribution in [-0.2, 0) is 0 Å². The molecule has 19 heavy (non-hydrogen) atoms. The van der Waals surface area contributed by atoms with Gasteiger partial charge in [-0.05, 0) is 50.9 Å². The van der Waals surface area contributed by atoms with Crippen molar-refractivity contribution < 1.29 is 4.74 Å². The van der Waals surface area contributed by atoms with Crippen molar-refractivity contribution in [1.82, 2.24) is 4.90 Å². The third kappa shape index (κ3) is 2.63. The Kier molecular flexibility index (Phi) is 3.51. The maximum Gasteiger partial charge on any atom is 0.144 e. The predicted octanol–water partition coefficient (Wildman–Crippen LogP) is 2.17. The normalized spacial score (nSPS) is 29.2. The molecule has 1 aromatic rings. The molecule has 0 aliphatic carbocycles. The minimum Gasteiger partial charge on any atom is -0.492 e. The Morgan fingerprint density at radius 1 is 1.37 bits per heavy atom. The lowest BCUT2D eigenvalue weighted by Crippen LogP contribution is -2.53. The molecule has 1 atom stereocenters. The fourth-order valence-corrected chi connectivity index (χ4v) is 3.25. The number of nitrogens with one attached hydrogen (secondary N) is 1. The fraction of sp³-hybridized carbons (Fsp3) is 0.600. The van der Waals surface area contributed by atoms with Crippen LogP contribution in [0.15, 0.2) is 18.2 Å². The van der Waals surface area contributed by atoms with Gasteiger partial charge in [0, 0.05) is 24.3 Å². The molecule has 0 amide bonds. The quantitative estimate of drug-likeness (QED) is 0.816. The van der Waals surface area contributed by atoms with Gasteiger partial charge in [-0.1, -0.05) is 0 Å². The molecule has 3 saturated heterocycles. The number of piperidine rings is 3. The third-order valence-electron chi connectivity index (χ3n) is 4.32. The van der Waals surface area contributed by atoms with Gasteiger partial charge in [0.1, 0.15) is 5.75 Å². The second kappa shape index (κ2) is 5.29. The molecule has 3 fully saturated rings. The number of benzene rings is 1. The Hall–Kier alpha value is -1.42. The van der Waals surface area contributed by atoms with E-state index in [9.17, 15) is 0 Å². The summed E-state index contributed by atoms with van der Waals surface area (Å²) in [4.78, 5) is 2.55. The summed E-state index contributed by atoms with van der Waals surface area (Å²) in [5, 5.41) is 3.66. The lowest BCUT2D eigenvalue weighted by atomic mass is 9.84.